The topological polar surface area (TPSA) is 103 Å². The molecule has 3 aliphatic rings. The maximum absolute atomic E-state index is 10.9. The lowest BCUT2D eigenvalue weighted by molar-refractivity contribution is -0.0628. The van der Waals surface area contributed by atoms with Gasteiger partial charge in [-0.1, -0.05) is 6.30 Å². The summed E-state index contributed by atoms with van der Waals surface area (Å²) in [5, 5.41) is 0. The number of hydrogen-bond donors (Lipinski definition) is 1. The van der Waals surface area contributed by atoms with Crippen LogP contribution in [0.2, 0.25) is 0 Å². The molecule has 230 valence electrons. The monoisotopic (exact) mass is 616 g/mol. The molecule has 0 amide bonds. The predicted molar refractivity (Wildman–Crippen MR) is 156 cm³/mol. The molecule has 0 aromatic heterocycles. The maximum atomic E-state index is 10.9. The molecule has 1 N–H and O–H groups in total. The summed E-state index contributed by atoms with van der Waals surface area (Å²) in [5.74, 6) is 0. The normalized spacial score (nSPS) is 38.5. The van der Waals surface area contributed by atoms with E-state index in [0.29, 0.717) is 13.0 Å². The summed E-state index contributed by atoms with van der Waals surface area (Å²) in [6.45, 7) is 13.0. The van der Waals surface area contributed by atoms with E-state index in [-0.39, 0.29) is 68.1 Å². The Morgan fingerprint density at radius 1 is 0.769 bits per heavy atom. The highest BCUT2D eigenvalue weighted by molar-refractivity contribution is 8.07. The zero-order valence-corrected chi connectivity index (χ0v) is 27.3. The molecule has 2 unspecified atom stereocenters. The summed E-state index contributed by atoms with van der Waals surface area (Å²) in [5.41, 5.74) is 0. The van der Waals surface area contributed by atoms with Crippen LogP contribution < -0.4 is 0 Å². The summed E-state index contributed by atoms with van der Waals surface area (Å²) in [4.78, 5) is 10.9. The fraction of sp³-hybridized carbons (Fsp3) is 0.962. The van der Waals surface area contributed by atoms with Gasteiger partial charge in [0.25, 0.3) is 0 Å². The number of rotatable bonds is 15. The average Bonchev–Trinajstić information content (AvgIpc) is 3.44. The van der Waals surface area contributed by atoms with Crippen LogP contribution in [-0.2, 0) is 53.6 Å². The van der Waals surface area contributed by atoms with Crippen LogP contribution in [0.15, 0.2) is 0 Å². The Morgan fingerprint density at radius 3 is 1.77 bits per heavy atom. The maximum Gasteiger partial charge on any atom is 0.324 e. The summed E-state index contributed by atoms with van der Waals surface area (Å²) in [7, 11) is -2.47. The summed E-state index contributed by atoms with van der Waals surface area (Å²) >= 11 is 5.36. The molecular weight excluding hydrogens is 566 g/mol. The minimum absolute atomic E-state index is 0.0463. The van der Waals surface area contributed by atoms with Crippen molar-refractivity contribution in [2.24, 2.45) is 0 Å². The van der Waals surface area contributed by atoms with Crippen LogP contribution in [0.4, 0.5) is 0 Å². The molecule has 0 aromatic carbocycles. The molecule has 3 heterocycles. The molecule has 3 fully saturated rings. The van der Waals surface area contributed by atoms with Gasteiger partial charge in [0.15, 0.2) is 0 Å². The van der Waals surface area contributed by atoms with E-state index >= 15 is 0 Å². The van der Waals surface area contributed by atoms with Crippen LogP contribution in [0.5, 0.6) is 0 Å². The van der Waals surface area contributed by atoms with Crippen molar-refractivity contribution in [2.75, 3.05) is 26.5 Å². The molecule has 3 saturated heterocycles. The molecule has 0 aromatic rings. The Balaban J connectivity index is 1.51. The van der Waals surface area contributed by atoms with Gasteiger partial charge in [0.1, 0.15) is 25.7 Å². The molecule has 0 bridgehead atoms. The molecular formula is C26H50O10P2S. The van der Waals surface area contributed by atoms with Crippen molar-refractivity contribution in [3.63, 3.8) is 0 Å². The first-order valence-electron chi connectivity index (χ1n) is 14.1. The van der Waals surface area contributed by atoms with Crippen molar-refractivity contribution in [2.45, 2.75) is 135 Å². The van der Waals surface area contributed by atoms with Gasteiger partial charge in [0.2, 0.25) is 0 Å². The molecule has 11 atom stereocenters. The van der Waals surface area contributed by atoms with Crippen LogP contribution in [0.1, 0.15) is 67.7 Å². The zero-order chi connectivity index (χ0) is 29.0. The Kier molecular flexibility index (Phi) is 12.9. The second-order valence-corrected chi connectivity index (χ2v) is 16.9. The third kappa shape index (κ3) is 11.3. The average molecular weight is 617 g/mol. The largest absolute Gasteiger partial charge is 0.376 e. The molecule has 0 spiro atoms. The van der Waals surface area contributed by atoms with Gasteiger partial charge in [-0.05, 0) is 60.3 Å². The Labute approximate surface area is 240 Å². The molecule has 3 aliphatic heterocycles. The highest BCUT2D eigenvalue weighted by Crippen LogP contribution is 2.50. The summed E-state index contributed by atoms with van der Waals surface area (Å²) < 4.78 is 53.9. The SMILES string of the molecule is C=P(C)(OC[C@H]1O[C@@H](C)C[C@H]1OP(O)(=S)OC[C@H]1O[C@@H](C)C[C@H]1OC(C)C)O[C@@H]1C[C@H](C)O[C@@H]1COC(C)C. The third-order valence-corrected chi connectivity index (χ3v) is 9.74. The minimum atomic E-state index is -3.56. The highest BCUT2D eigenvalue weighted by atomic mass is 32.5. The molecule has 13 heteroatoms. The first-order chi connectivity index (χ1) is 18.1. The second kappa shape index (κ2) is 14.8. The van der Waals surface area contributed by atoms with Crippen molar-refractivity contribution in [1.29, 1.82) is 0 Å². The predicted octanol–water partition coefficient (Wildman–Crippen LogP) is 4.67. The van der Waals surface area contributed by atoms with Crippen LogP contribution in [0, 0.1) is 0 Å². The molecule has 39 heavy (non-hydrogen) atoms. The zero-order valence-electron chi connectivity index (χ0n) is 24.7. The summed E-state index contributed by atoms with van der Waals surface area (Å²) in [6.07, 6.45) is 4.83. The Hall–Kier alpha value is 0.550. The Bertz CT molecular complexity index is 861. The minimum Gasteiger partial charge on any atom is -0.376 e. The molecule has 0 aliphatic carbocycles. The molecule has 3 rings (SSSR count). The third-order valence-electron chi connectivity index (χ3n) is 6.74. The fourth-order valence-corrected chi connectivity index (χ4v) is 7.91. The van der Waals surface area contributed by atoms with E-state index < -0.39 is 26.3 Å². The Morgan fingerprint density at radius 2 is 1.23 bits per heavy atom. The number of ether oxygens (including phenoxy) is 5. The van der Waals surface area contributed by atoms with E-state index in [1.807, 2.05) is 55.1 Å². The van der Waals surface area contributed by atoms with Gasteiger partial charge in [-0.15, -0.1) is 0 Å². The summed E-state index contributed by atoms with van der Waals surface area (Å²) in [6, 6.07) is 0. The number of hydrogen-bond acceptors (Lipinski definition) is 10. The lowest BCUT2D eigenvalue weighted by Gasteiger charge is -2.30. The van der Waals surface area contributed by atoms with E-state index in [4.69, 9.17) is 53.6 Å². The van der Waals surface area contributed by atoms with Crippen molar-refractivity contribution in [1.82, 2.24) is 0 Å². The van der Waals surface area contributed by atoms with Crippen molar-refractivity contribution in [3.05, 3.63) is 0 Å². The second-order valence-electron chi connectivity index (χ2n) is 11.6. The van der Waals surface area contributed by atoms with Crippen LogP contribution in [0.3, 0.4) is 0 Å². The van der Waals surface area contributed by atoms with E-state index in [2.05, 4.69) is 6.30 Å². The standard InChI is InChI=1S/C26H50O10P2S/c1-16(2)28-13-24-22(11-19(6)32-24)35-37(8,9)29-14-26-23(12-20(7)34-26)36-38(27,39)30-15-25-21(31-17(3)4)10-18(5)33-25/h16-26H,8,10-15H2,1-7,9H3,(H,27,39)/t18-,19-,20-,21+,22+,23+,24+,25+,26+,37?,38?/m0/s1. The van der Waals surface area contributed by atoms with Gasteiger partial charge < -0.3 is 46.7 Å². The molecule has 0 radical (unpaired) electrons. The van der Waals surface area contributed by atoms with Crippen molar-refractivity contribution < 1.29 is 46.7 Å². The quantitative estimate of drug-likeness (QED) is 0.260. The van der Waals surface area contributed by atoms with Gasteiger partial charge in [-0.3, -0.25) is 0 Å². The van der Waals surface area contributed by atoms with Crippen molar-refractivity contribution >= 4 is 32.2 Å². The van der Waals surface area contributed by atoms with Gasteiger partial charge in [0.05, 0.1) is 68.7 Å². The van der Waals surface area contributed by atoms with Crippen LogP contribution in [0.25, 0.3) is 0 Å². The van der Waals surface area contributed by atoms with Gasteiger partial charge >= 0.3 is 6.72 Å². The van der Waals surface area contributed by atoms with E-state index in [0.717, 1.165) is 12.8 Å². The molecule has 10 nitrogen and oxygen atoms in total. The van der Waals surface area contributed by atoms with Crippen molar-refractivity contribution in [3.8, 4) is 0 Å². The lowest BCUT2D eigenvalue weighted by atomic mass is 10.1. The van der Waals surface area contributed by atoms with E-state index in [1.54, 1.807) is 0 Å². The first kappa shape index (κ1) is 34.0. The fourth-order valence-electron chi connectivity index (χ4n) is 5.12. The van der Waals surface area contributed by atoms with Gasteiger partial charge in [-0.25, -0.2) is 0 Å². The van der Waals surface area contributed by atoms with E-state index in [1.165, 1.54) is 0 Å². The first-order valence-corrected chi connectivity index (χ1v) is 18.9. The van der Waals surface area contributed by atoms with Gasteiger partial charge in [0, 0.05) is 25.9 Å². The highest BCUT2D eigenvalue weighted by Gasteiger charge is 2.41. The van der Waals surface area contributed by atoms with Crippen LogP contribution >= 0.6 is 14.1 Å². The van der Waals surface area contributed by atoms with E-state index in [9.17, 15) is 4.89 Å². The lowest BCUT2D eigenvalue weighted by Crippen LogP contribution is -2.32. The van der Waals surface area contributed by atoms with Gasteiger partial charge in [-0.2, -0.15) is 0 Å². The smallest absolute Gasteiger partial charge is 0.324 e. The van der Waals surface area contributed by atoms with Crippen LogP contribution in [-0.4, -0.2) is 105 Å². The molecule has 0 saturated carbocycles.